The van der Waals surface area contributed by atoms with Crippen LogP contribution in [0.25, 0.3) is 0 Å². The van der Waals surface area contributed by atoms with Gasteiger partial charge in [0.25, 0.3) is 0 Å². The molecule has 0 atom stereocenters. The van der Waals surface area contributed by atoms with Gasteiger partial charge >= 0.3 is 0 Å². The van der Waals surface area contributed by atoms with E-state index < -0.39 is 0 Å². The SMILES string of the molecule is CCc1cc(N2CCOCC2)nc(C2CCN(Cc3cnc(N(C)C)nc3)CC2)n1. The van der Waals surface area contributed by atoms with Crippen molar-refractivity contribution >= 4 is 11.8 Å². The highest BCUT2D eigenvalue weighted by Crippen LogP contribution is 2.28. The van der Waals surface area contributed by atoms with Crippen molar-refractivity contribution in [2.24, 2.45) is 0 Å². The number of rotatable bonds is 6. The topological polar surface area (TPSA) is 70.5 Å². The standard InChI is InChI=1S/C22H33N7O/c1-4-19-13-20(29-9-11-30-12-10-29)26-21(25-19)18-5-7-28(8-6-18)16-17-14-23-22(24-15-17)27(2)3/h13-15,18H,4-12,16H2,1-3H3. The second-order valence-electron chi connectivity index (χ2n) is 8.36. The molecular weight excluding hydrogens is 378 g/mol. The third-order valence-electron chi connectivity index (χ3n) is 5.93. The van der Waals surface area contributed by atoms with Crippen LogP contribution >= 0.6 is 0 Å². The van der Waals surface area contributed by atoms with Crippen LogP contribution in [0.2, 0.25) is 0 Å². The maximum absolute atomic E-state index is 5.50. The fourth-order valence-electron chi connectivity index (χ4n) is 4.09. The van der Waals surface area contributed by atoms with Crippen LogP contribution in [0.15, 0.2) is 18.5 Å². The Morgan fingerprint density at radius 3 is 2.37 bits per heavy atom. The van der Waals surface area contributed by atoms with E-state index in [1.807, 2.05) is 31.4 Å². The Balaban J connectivity index is 1.38. The number of morpholine rings is 1. The Labute approximate surface area is 179 Å². The quantitative estimate of drug-likeness (QED) is 0.716. The molecule has 2 aromatic heterocycles. The normalized spacial score (nSPS) is 18.6. The molecule has 0 N–H and O–H groups in total. The van der Waals surface area contributed by atoms with Crippen LogP contribution in [0, 0.1) is 0 Å². The molecule has 0 saturated carbocycles. The maximum atomic E-state index is 5.50. The first-order valence-electron chi connectivity index (χ1n) is 11.0. The minimum atomic E-state index is 0.430. The van der Waals surface area contributed by atoms with Gasteiger partial charge in [0.15, 0.2) is 0 Å². The lowest BCUT2D eigenvalue weighted by molar-refractivity contribution is 0.122. The Kier molecular flexibility index (Phi) is 6.74. The van der Waals surface area contributed by atoms with Crippen molar-refractivity contribution in [3.63, 3.8) is 0 Å². The van der Waals surface area contributed by atoms with E-state index in [1.165, 1.54) is 0 Å². The number of aromatic nitrogens is 4. The van der Waals surface area contributed by atoms with Gasteiger partial charge < -0.3 is 14.5 Å². The molecule has 4 rings (SSSR count). The molecule has 8 nitrogen and oxygen atoms in total. The minimum absolute atomic E-state index is 0.430. The van der Waals surface area contributed by atoms with Crippen LogP contribution in [-0.2, 0) is 17.7 Å². The summed E-state index contributed by atoms with van der Waals surface area (Å²) in [7, 11) is 3.92. The molecule has 0 aliphatic carbocycles. The predicted molar refractivity (Wildman–Crippen MR) is 118 cm³/mol. The maximum Gasteiger partial charge on any atom is 0.224 e. The van der Waals surface area contributed by atoms with Gasteiger partial charge in [-0.3, -0.25) is 4.90 Å². The summed E-state index contributed by atoms with van der Waals surface area (Å²) >= 11 is 0. The number of hydrogen-bond donors (Lipinski definition) is 0. The first kappa shape index (κ1) is 20.9. The third-order valence-corrected chi connectivity index (χ3v) is 5.93. The van der Waals surface area contributed by atoms with Crippen molar-refractivity contribution < 1.29 is 4.74 Å². The van der Waals surface area contributed by atoms with E-state index in [2.05, 4.69) is 32.8 Å². The van der Waals surface area contributed by atoms with Crippen LogP contribution in [0.5, 0.6) is 0 Å². The van der Waals surface area contributed by atoms with Crippen molar-refractivity contribution in [1.82, 2.24) is 24.8 Å². The third kappa shape index (κ3) is 5.05. The Morgan fingerprint density at radius 2 is 1.73 bits per heavy atom. The smallest absolute Gasteiger partial charge is 0.224 e. The molecule has 162 valence electrons. The van der Waals surface area contributed by atoms with Crippen LogP contribution in [0.4, 0.5) is 11.8 Å². The van der Waals surface area contributed by atoms with Gasteiger partial charge in [-0.15, -0.1) is 0 Å². The molecule has 0 unspecified atom stereocenters. The van der Waals surface area contributed by atoms with Crippen LogP contribution in [0.1, 0.15) is 42.8 Å². The van der Waals surface area contributed by atoms with E-state index in [4.69, 9.17) is 14.7 Å². The first-order chi connectivity index (χ1) is 14.6. The molecule has 0 amide bonds. The highest BCUT2D eigenvalue weighted by molar-refractivity contribution is 5.41. The molecule has 8 heteroatoms. The van der Waals surface area contributed by atoms with Gasteiger partial charge in [0.1, 0.15) is 11.6 Å². The summed E-state index contributed by atoms with van der Waals surface area (Å²) < 4.78 is 5.50. The molecular formula is C22H33N7O. The van der Waals surface area contributed by atoms with Crippen LogP contribution in [0.3, 0.4) is 0 Å². The van der Waals surface area contributed by atoms with Crippen LogP contribution < -0.4 is 9.80 Å². The highest BCUT2D eigenvalue weighted by atomic mass is 16.5. The summed E-state index contributed by atoms with van der Waals surface area (Å²) in [4.78, 5) is 25.5. The number of nitrogens with zero attached hydrogens (tertiary/aromatic N) is 7. The summed E-state index contributed by atoms with van der Waals surface area (Å²) in [5, 5.41) is 0. The molecule has 2 saturated heterocycles. The fraction of sp³-hybridized carbons (Fsp3) is 0.636. The predicted octanol–water partition coefficient (Wildman–Crippen LogP) is 2.11. The lowest BCUT2D eigenvalue weighted by atomic mass is 9.95. The zero-order valence-electron chi connectivity index (χ0n) is 18.4. The van der Waals surface area contributed by atoms with Gasteiger partial charge in [0, 0.05) is 69.4 Å². The number of piperidine rings is 1. The summed E-state index contributed by atoms with van der Waals surface area (Å²) in [6, 6.07) is 2.15. The molecule has 2 aliphatic rings. The monoisotopic (exact) mass is 411 g/mol. The van der Waals surface area contributed by atoms with Gasteiger partial charge in [-0.2, -0.15) is 0 Å². The van der Waals surface area contributed by atoms with Crippen molar-refractivity contribution in [3.05, 3.63) is 35.5 Å². The summed E-state index contributed by atoms with van der Waals surface area (Å²) in [6.07, 6.45) is 7.00. The van der Waals surface area contributed by atoms with Crippen molar-refractivity contribution in [2.45, 2.75) is 38.6 Å². The average Bonchev–Trinajstić information content (AvgIpc) is 2.80. The lowest BCUT2D eigenvalue weighted by Crippen LogP contribution is -2.37. The molecule has 0 spiro atoms. The molecule has 2 aromatic rings. The average molecular weight is 412 g/mol. The summed E-state index contributed by atoms with van der Waals surface area (Å²) in [5.41, 5.74) is 2.31. The van der Waals surface area contributed by atoms with E-state index in [1.54, 1.807) is 0 Å². The van der Waals surface area contributed by atoms with E-state index in [9.17, 15) is 0 Å². The largest absolute Gasteiger partial charge is 0.378 e. The van der Waals surface area contributed by atoms with E-state index >= 15 is 0 Å². The molecule has 0 bridgehead atoms. The molecule has 4 heterocycles. The minimum Gasteiger partial charge on any atom is -0.378 e. The second kappa shape index (κ2) is 9.66. The molecule has 2 fully saturated rings. The van der Waals surface area contributed by atoms with Crippen molar-refractivity contribution in [3.8, 4) is 0 Å². The first-order valence-corrected chi connectivity index (χ1v) is 11.0. The highest BCUT2D eigenvalue weighted by Gasteiger charge is 2.25. The summed E-state index contributed by atoms with van der Waals surface area (Å²) in [6.45, 7) is 8.53. The number of likely N-dealkylation sites (tertiary alicyclic amines) is 1. The van der Waals surface area contributed by atoms with Crippen molar-refractivity contribution in [1.29, 1.82) is 0 Å². The van der Waals surface area contributed by atoms with Gasteiger partial charge in [0.05, 0.1) is 13.2 Å². The number of anilines is 2. The molecule has 0 radical (unpaired) electrons. The van der Waals surface area contributed by atoms with E-state index in [-0.39, 0.29) is 0 Å². The van der Waals surface area contributed by atoms with Crippen molar-refractivity contribution in [2.75, 3.05) is 63.3 Å². The second-order valence-corrected chi connectivity index (χ2v) is 8.36. The molecule has 2 aliphatic heterocycles. The molecule has 30 heavy (non-hydrogen) atoms. The zero-order valence-corrected chi connectivity index (χ0v) is 18.4. The van der Waals surface area contributed by atoms with Crippen LogP contribution in [-0.4, -0.2) is 78.3 Å². The van der Waals surface area contributed by atoms with Gasteiger partial charge in [-0.05, 0) is 32.4 Å². The number of ether oxygens (including phenoxy) is 1. The number of hydrogen-bond acceptors (Lipinski definition) is 8. The Bertz CT molecular complexity index is 813. The lowest BCUT2D eigenvalue weighted by Gasteiger charge is -2.32. The Morgan fingerprint density at radius 1 is 1.03 bits per heavy atom. The fourth-order valence-corrected chi connectivity index (χ4v) is 4.09. The number of aryl methyl sites for hydroxylation is 1. The van der Waals surface area contributed by atoms with E-state index in [0.717, 1.165) is 94.0 Å². The zero-order chi connectivity index (χ0) is 20.9. The van der Waals surface area contributed by atoms with Gasteiger partial charge in [-0.1, -0.05) is 6.92 Å². The van der Waals surface area contributed by atoms with Gasteiger partial charge in [0.2, 0.25) is 5.95 Å². The van der Waals surface area contributed by atoms with Gasteiger partial charge in [-0.25, -0.2) is 19.9 Å². The molecule has 0 aromatic carbocycles. The summed E-state index contributed by atoms with van der Waals surface area (Å²) in [5.74, 6) is 3.27. The Hall–Kier alpha value is -2.32. The van der Waals surface area contributed by atoms with E-state index in [0.29, 0.717) is 5.92 Å².